The highest BCUT2D eigenvalue weighted by molar-refractivity contribution is 5.54. The molecule has 1 aromatic carbocycles. The van der Waals surface area contributed by atoms with Crippen LogP contribution < -0.4 is 0 Å². The lowest BCUT2D eigenvalue weighted by molar-refractivity contribution is 0.129. The minimum absolute atomic E-state index is 0.0328. The van der Waals surface area contributed by atoms with Crippen molar-refractivity contribution < 1.29 is 22.8 Å². The van der Waals surface area contributed by atoms with E-state index in [1.165, 1.54) is 0 Å². The molecule has 1 heterocycles. The molecule has 2 rings (SSSR count). The summed E-state index contributed by atoms with van der Waals surface area (Å²) in [7, 11) is 0. The Hall–Kier alpha value is -1.89. The van der Waals surface area contributed by atoms with Gasteiger partial charge in [0.15, 0.2) is 17.5 Å². The number of benzene rings is 1. The largest absolute Gasteiger partial charge is 0.392 e. The van der Waals surface area contributed by atoms with E-state index in [1.54, 1.807) is 13.8 Å². The van der Waals surface area contributed by atoms with Crippen LogP contribution >= 0.6 is 0 Å². The maximum absolute atomic E-state index is 13.1. The number of hydrogen-bond acceptors (Lipinski definition) is 4. The van der Waals surface area contributed by atoms with Gasteiger partial charge >= 0.3 is 0 Å². The first-order valence-electron chi connectivity index (χ1n) is 6.10. The third-order valence-corrected chi connectivity index (χ3v) is 3.07. The van der Waals surface area contributed by atoms with E-state index in [0.717, 1.165) is 12.1 Å². The van der Waals surface area contributed by atoms with E-state index in [2.05, 4.69) is 10.1 Å². The fourth-order valence-electron chi connectivity index (χ4n) is 1.74. The Kier molecular flexibility index (Phi) is 4.08. The van der Waals surface area contributed by atoms with Crippen molar-refractivity contribution in [1.82, 2.24) is 10.1 Å². The number of aliphatic hydroxyl groups excluding tert-OH is 1. The van der Waals surface area contributed by atoms with Gasteiger partial charge in [0.05, 0.1) is 12.0 Å². The van der Waals surface area contributed by atoms with E-state index in [0.29, 0.717) is 6.42 Å². The maximum atomic E-state index is 13.1. The Bertz CT molecular complexity index is 592. The van der Waals surface area contributed by atoms with E-state index < -0.39 is 29.5 Å². The monoisotopic (exact) mass is 286 g/mol. The molecule has 0 saturated heterocycles. The smallest absolute Gasteiger partial charge is 0.232 e. The first-order chi connectivity index (χ1) is 9.43. The quantitative estimate of drug-likeness (QED) is 0.878. The van der Waals surface area contributed by atoms with Gasteiger partial charge in [0, 0.05) is 5.56 Å². The molecular formula is C13H13F3N2O2. The minimum atomic E-state index is -1.55. The first-order valence-corrected chi connectivity index (χ1v) is 6.10. The molecule has 0 aliphatic carbocycles. The van der Waals surface area contributed by atoms with Crippen LogP contribution in [0, 0.1) is 17.5 Å². The van der Waals surface area contributed by atoms with Gasteiger partial charge in [0.1, 0.15) is 0 Å². The average molecular weight is 286 g/mol. The molecule has 4 nitrogen and oxygen atoms in total. The second-order valence-electron chi connectivity index (χ2n) is 4.47. The highest BCUT2D eigenvalue weighted by atomic mass is 19.2. The zero-order valence-electron chi connectivity index (χ0n) is 10.9. The summed E-state index contributed by atoms with van der Waals surface area (Å²) in [6.07, 6.45) is -0.163. The Balaban J connectivity index is 2.34. The summed E-state index contributed by atoms with van der Waals surface area (Å²) in [5.41, 5.74) is -0.0328. The number of aromatic nitrogens is 2. The van der Waals surface area contributed by atoms with E-state index in [-0.39, 0.29) is 17.3 Å². The van der Waals surface area contributed by atoms with Crippen molar-refractivity contribution in [1.29, 1.82) is 0 Å². The van der Waals surface area contributed by atoms with Gasteiger partial charge in [-0.05, 0) is 18.6 Å². The van der Waals surface area contributed by atoms with Gasteiger partial charge in [-0.2, -0.15) is 4.98 Å². The highest BCUT2D eigenvalue weighted by Crippen LogP contribution is 2.25. The van der Waals surface area contributed by atoms with Gasteiger partial charge in [0.25, 0.3) is 0 Å². The number of aliphatic hydroxyl groups is 1. The summed E-state index contributed by atoms with van der Waals surface area (Å²) in [6, 6.07) is 1.57. The molecule has 108 valence electrons. The lowest BCUT2D eigenvalue weighted by Crippen LogP contribution is -2.14. The summed E-state index contributed by atoms with van der Waals surface area (Å²) in [5, 5.41) is 13.3. The lowest BCUT2D eigenvalue weighted by Gasteiger charge is -2.11. The predicted molar refractivity (Wildman–Crippen MR) is 64.3 cm³/mol. The zero-order valence-corrected chi connectivity index (χ0v) is 10.9. The molecule has 2 aromatic rings. The van der Waals surface area contributed by atoms with E-state index in [4.69, 9.17) is 4.52 Å². The van der Waals surface area contributed by atoms with Crippen LogP contribution in [-0.4, -0.2) is 21.4 Å². The second-order valence-corrected chi connectivity index (χ2v) is 4.47. The molecule has 0 spiro atoms. The van der Waals surface area contributed by atoms with E-state index >= 15 is 0 Å². The Morgan fingerprint density at radius 2 is 1.85 bits per heavy atom. The fourth-order valence-corrected chi connectivity index (χ4v) is 1.74. The van der Waals surface area contributed by atoms with Crippen LogP contribution in [0.3, 0.4) is 0 Å². The molecule has 1 aromatic heterocycles. The standard InChI is InChI=1S/C13H13F3N2O2/c1-3-10(19)6(2)13-17-12(18-20-13)7-4-8(14)11(16)9(15)5-7/h4-6,10,19H,3H2,1-2H3. The van der Waals surface area contributed by atoms with E-state index in [9.17, 15) is 18.3 Å². The van der Waals surface area contributed by atoms with Crippen molar-refractivity contribution in [2.24, 2.45) is 0 Å². The number of halogens is 3. The molecule has 0 saturated carbocycles. The molecule has 7 heteroatoms. The SMILES string of the molecule is CCC(O)C(C)c1nc(-c2cc(F)c(F)c(F)c2)no1. The van der Waals surface area contributed by atoms with Crippen molar-refractivity contribution in [3.8, 4) is 11.4 Å². The third kappa shape index (κ3) is 2.67. The summed E-state index contributed by atoms with van der Waals surface area (Å²) >= 11 is 0. The highest BCUT2D eigenvalue weighted by Gasteiger charge is 2.22. The lowest BCUT2D eigenvalue weighted by atomic mass is 10.0. The van der Waals surface area contributed by atoms with Crippen molar-refractivity contribution in [2.75, 3.05) is 0 Å². The van der Waals surface area contributed by atoms with Crippen LogP contribution in [0.15, 0.2) is 16.7 Å². The molecule has 0 fully saturated rings. The fraction of sp³-hybridized carbons (Fsp3) is 0.385. The normalized spacial score (nSPS) is 14.3. The predicted octanol–water partition coefficient (Wildman–Crippen LogP) is 3.03. The van der Waals surface area contributed by atoms with Gasteiger partial charge in [-0.1, -0.05) is 19.0 Å². The summed E-state index contributed by atoms with van der Waals surface area (Å²) in [5.74, 6) is -4.52. The van der Waals surface area contributed by atoms with Crippen LogP contribution in [0.25, 0.3) is 11.4 Å². The van der Waals surface area contributed by atoms with Gasteiger partial charge < -0.3 is 9.63 Å². The number of rotatable bonds is 4. The molecule has 0 amide bonds. The van der Waals surface area contributed by atoms with Crippen molar-refractivity contribution in [3.63, 3.8) is 0 Å². The molecule has 20 heavy (non-hydrogen) atoms. The molecule has 2 atom stereocenters. The summed E-state index contributed by atoms with van der Waals surface area (Å²) < 4.78 is 44.1. The van der Waals surface area contributed by atoms with Crippen LogP contribution in [-0.2, 0) is 0 Å². The summed E-state index contributed by atoms with van der Waals surface area (Å²) in [6.45, 7) is 3.49. The molecule has 0 aliphatic heterocycles. The third-order valence-electron chi connectivity index (χ3n) is 3.07. The topological polar surface area (TPSA) is 59.2 Å². The van der Waals surface area contributed by atoms with Crippen molar-refractivity contribution >= 4 is 0 Å². The van der Waals surface area contributed by atoms with Gasteiger partial charge in [-0.3, -0.25) is 0 Å². The van der Waals surface area contributed by atoms with Crippen LogP contribution in [0.5, 0.6) is 0 Å². The van der Waals surface area contributed by atoms with E-state index in [1.807, 2.05) is 0 Å². The summed E-state index contributed by atoms with van der Waals surface area (Å²) in [4.78, 5) is 3.97. The van der Waals surface area contributed by atoms with Crippen LogP contribution in [0.2, 0.25) is 0 Å². The molecule has 0 radical (unpaired) electrons. The molecule has 2 unspecified atom stereocenters. The molecule has 0 aliphatic rings. The first kappa shape index (κ1) is 14.5. The van der Waals surface area contributed by atoms with Crippen molar-refractivity contribution in [3.05, 3.63) is 35.5 Å². The van der Waals surface area contributed by atoms with Crippen LogP contribution in [0.4, 0.5) is 13.2 Å². The Morgan fingerprint density at radius 3 is 2.40 bits per heavy atom. The number of nitrogens with zero attached hydrogens (tertiary/aromatic N) is 2. The maximum Gasteiger partial charge on any atom is 0.232 e. The van der Waals surface area contributed by atoms with Gasteiger partial charge in [-0.25, -0.2) is 13.2 Å². The van der Waals surface area contributed by atoms with Gasteiger partial charge in [0.2, 0.25) is 11.7 Å². The Morgan fingerprint density at radius 1 is 1.25 bits per heavy atom. The Labute approximate surface area is 113 Å². The molecule has 1 N–H and O–H groups in total. The molecule has 0 bridgehead atoms. The number of hydrogen-bond donors (Lipinski definition) is 1. The second kappa shape index (κ2) is 5.62. The zero-order chi connectivity index (χ0) is 14.9. The van der Waals surface area contributed by atoms with Crippen LogP contribution in [0.1, 0.15) is 32.1 Å². The average Bonchev–Trinajstić information content (AvgIpc) is 2.92. The van der Waals surface area contributed by atoms with Crippen molar-refractivity contribution in [2.45, 2.75) is 32.3 Å². The minimum Gasteiger partial charge on any atom is -0.392 e. The molecular weight excluding hydrogens is 273 g/mol. The van der Waals surface area contributed by atoms with Gasteiger partial charge in [-0.15, -0.1) is 0 Å².